The van der Waals surface area contributed by atoms with Gasteiger partial charge in [-0.05, 0) is 44.9 Å². The molecule has 1 heterocycles. The molecule has 0 radical (unpaired) electrons. The van der Waals surface area contributed by atoms with Crippen molar-refractivity contribution in [3.63, 3.8) is 0 Å². The summed E-state index contributed by atoms with van der Waals surface area (Å²) >= 11 is 0. The molecular formula is C15H22N2. The molecule has 0 spiro atoms. The van der Waals surface area contributed by atoms with Gasteiger partial charge in [0.05, 0.1) is 0 Å². The number of aryl methyl sites for hydroxylation is 1. The molecule has 1 N–H and O–H groups in total. The number of hydrogen-bond acceptors (Lipinski definition) is 2. The highest BCUT2D eigenvalue weighted by Crippen LogP contribution is 2.04. The van der Waals surface area contributed by atoms with Crippen LogP contribution in [-0.4, -0.2) is 17.6 Å². The van der Waals surface area contributed by atoms with Gasteiger partial charge < -0.3 is 5.32 Å². The minimum Gasteiger partial charge on any atom is -0.313 e. The van der Waals surface area contributed by atoms with Gasteiger partial charge >= 0.3 is 0 Å². The second kappa shape index (κ2) is 8.78. The first kappa shape index (κ1) is 13.7. The van der Waals surface area contributed by atoms with Gasteiger partial charge in [0.2, 0.25) is 0 Å². The number of nitrogens with one attached hydrogen (secondary N) is 1. The summed E-state index contributed by atoms with van der Waals surface area (Å²) in [5, 5.41) is 3.54. The third-order valence-electron chi connectivity index (χ3n) is 2.68. The Morgan fingerprint density at radius 3 is 2.94 bits per heavy atom. The van der Waals surface area contributed by atoms with E-state index in [2.05, 4.69) is 35.1 Å². The smallest absolute Gasteiger partial charge is 0.0404 e. The number of aromatic nitrogens is 1. The summed E-state index contributed by atoms with van der Waals surface area (Å²) in [6.07, 6.45) is 6.08. The van der Waals surface area contributed by atoms with Crippen LogP contribution in [0, 0.1) is 11.8 Å². The zero-order valence-corrected chi connectivity index (χ0v) is 10.9. The molecule has 17 heavy (non-hydrogen) atoms. The van der Waals surface area contributed by atoms with E-state index < -0.39 is 0 Å². The van der Waals surface area contributed by atoms with Crippen molar-refractivity contribution in [2.45, 2.75) is 45.6 Å². The van der Waals surface area contributed by atoms with Crippen molar-refractivity contribution < 1.29 is 0 Å². The van der Waals surface area contributed by atoms with Gasteiger partial charge in [0.15, 0.2) is 0 Å². The lowest BCUT2D eigenvalue weighted by Gasteiger charge is -2.15. The van der Waals surface area contributed by atoms with Crippen molar-refractivity contribution in [1.29, 1.82) is 0 Å². The van der Waals surface area contributed by atoms with Crippen LogP contribution < -0.4 is 5.32 Å². The third-order valence-corrected chi connectivity index (χ3v) is 2.68. The summed E-state index contributed by atoms with van der Waals surface area (Å²) in [5.74, 6) is 6.13. The lowest BCUT2D eigenvalue weighted by atomic mass is 10.1. The summed E-state index contributed by atoms with van der Waals surface area (Å²) in [7, 11) is 0. The van der Waals surface area contributed by atoms with Gasteiger partial charge in [0.1, 0.15) is 0 Å². The quantitative estimate of drug-likeness (QED) is 0.729. The molecule has 1 atom stereocenters. The van der Waals surface area contributed by atoms with Crippen LogP contribution in [0.4, 0.5) is 0 Å². The zero-order chi connectivity index (χ0) is 12.3. The molecule has 1 aromatic heterocycles. The number of nitrogens with zero attached hydrogens (tertiary/aromatic N) is 1. The molecule has 0 saturated heterocycles. The zero-order valence-electron chi connectivity index (χ0n) is 10.9. The molecule has 1 aromatic rings. The van der Waals surface area contributed by atoms with Gasteiger partial charge in [-0.3, -0.25) is 4.98 Å². The average Bonchev–Trinajstić information content (AvgIpc) is 2.39. The van der Waals surface area contributed by atoms with E-state index in [1.165, 1.54) is 12.1 Å². The van der Waals surface area contributed by atoms with Crippen molar-refractivity contribution in [2.75, 3.05) is 6.54 Å². The van der Waals surface area contributed by atoms with Crippen LogP contribution in [0.3, 0.4) is 0 Å². The van der Waals surface area contributed by atoms with E-state index in [1.807, 2.05) is 25.3 Å². The fourth-order valence-corrected chi connectivity index (χ4v) is 1.72. The SMILES string of the molecule is CC#CCC(CCc1ccccn1)NCCC. The van der Waals surface area contributed by atoms with Crippen LogP contribution in [0.1, 0.15) is 38.8 Å². The van der Waals surface area contributed by atoms with Gasteiger partial charge in [-0.25, -0.2) is 0 Å². The number of rotatable bonds is 7. The maximum absolute atomic E-state index is 4.35. The van der Waals surface area contributed by atoms with Crippen LogP contribution in [0.2, 0.25) is 0 Å². The Balaban J connectivity index is 2.39. The van der Waals surface area contributed by atoms with Gasteiger partial charge in [-0.15, -0.1) is 11.8 Å². The summed E-state index contributed by atoms with van der Waals surface area (Å²) in [6, 6.07) is 6.58. The topological polar surface area (TPSA) is 24.9 Å². The van der Waals surface area contributed by atoms with E-state index >= 15 is 0 Å². The molecule has 0 fully saturated rings. The summed E-state index contributed by atoms with van der Waals surface area (Å²) in [4.78, 5) is 4.35. The predicted molar refractivity (Wildman–Crippen MR) is 72.7 cm³/mol. The van der Waals surface area contributed by atoms with Crippen LogP contribution in [0.25, 0.3) is 0 Å². The summed E-state index contributed by atoms with van der Waals surface area (Å²) in [5.41, 5.74) is 1.17. The molecular weight excluding hydrogens is 208 g/mol. The normalized spacial score (nSPS) is 11.6. The minimum atomic E-state index is 0.490. The van der Waals surface area contributed by atoms with E-state index in [4.69, 9.17) is 0 Å². The minimum absolute atomic E-state index is 0.490. The molecule has 2 nitrogen and oxygen atoms in total. The standard InChI is InChI=1S/C15H22N2/c1-3-5-8-14(16-12-4-2)10-11-15-9-6-7-13-17-15/h6-7,9,13-14,16H,4,8,10-12H2,1-2H3. The molecule has 0 bridgehead atoms. The Kier molecular flexibility index (Phi) is 7.09. The predicted octanol–water partition coefficient (Wildman–Crippen LogP) is 2.80. The molecule has 0 amide bonds. The Labute approximate surface area is 105 Å². The first-order valence-electron chi connectivity index (χ1n) is 6.39. The van der Waals surface area contributed by atoms with Crippen molar-refractivity contribution >= 4 is 0 Å². The van der Waals surface area contributed by atoms with E-state index in [0.717, 1.165) is 25.8 Å². The lowest BCUT2D eigenvalue weighted by Crippen LogP contribution is -2.30. The Morgan fingerprint density at radius 1 is 1.41 bits per heavy atom. The number of hydrogen-bond donors (Lipinski definition) is 1. The third kappa shape index (κ3) is 6.09. The van der Waals surface area contributed by atoms with Crippen molar-refractivity contribution in [1.82, 2.24) is 10.3 Å². The van der Waals surface area contributed by atoms with Crippen molar-refractivity contribution in [2.24, 2.45) is 0 Å². The lowest BCUT2D eigenvalue weighted by molar-refractivity contribution is 0.486. The molecule has 0 saturated carbocycles. The van der Waals surface area contributed by atoms with Gasteiger partial charge in [-0.1, -0.05) is 13.0 Å². The molecule has 0 aliphatic heterocycles. The number of pyridine rings is 1. The molecule has 92 valence electrons. The Bertz CT molecular complexity index is 348. The van der Waals surface area contributed by atoms with E-state index in [1.54, 1.807) is 0 Å². The fraction of sp³-hybridized carbons (Fsp3) is 0.533. The molecule has 0 aliphatic carbocycles. The maximum Gasteiger partial charge on any atom is 0.0404 e. The monoisotopic (exact) mass is 230 g/mol. The van der Waals surface area contributed by atoms with Crippen molar-refractivity contribution in [3.05, 3.63) is 30.1 Å². The molecule has 1 rings (SSSR count). The van der Waals surface area contributed by atoms with Gasteiger partial charge in [-0.2, -0.15) is 0 Å². The van der Waals surface area contributed by atoms with E-state index in [0.29, 0.717) is 6.04 Å². The highest BCUT2D eigenvalue weighted by Gasteiger charge is 2.06. The van der Waals surface area contributed by atoms with Crippen LogP contribution in [0.5, 0.6) is 0 Å². The second-order valence-electron chi connectivity index (χ2n) is 4.14. The molecule has 1 unspecified atom stereocenters. The fourth-order valence-electron chi connectivity index (χ4n) is 1.72. The van der Waals surface area contributed by atoms with E-state index in [9.17, 15) is 0 Å². The molecule has 0 aromatic carbocycles. The highest BCUT2D eigenvalue weighted by atomic mass is 14.9. The Hall–Kier alpha value is -1.33. The summed E-state index contributed by atoms with van der Waals surface area (Å²) in [6.45, 7) is 5.15. The average molecular weight is 230 g/mol. The first-order valence-corrected chi connectivity index (χ1v) is 6.39. The molecule has 2 heteroatoms. The van der Waals surface area contributed by atoms with Crippen LogP contribution >= 0.6 is 0 Å². The van der Waals surface area contributed by atoms with Crippen LogP contribution in [-0.2, 0) is 6.42 Å². The largest absolute Gasteiger partial charge is 0.313 e. The van der Waals surface area contributed by atoms with Crippen molar-refractivity contribution in [3.8, 4) is 11.8 Å². The summed E-state index contributed by atoms with van der Waals surface area (Å²) < 4.78 is 0. The second-order valence-corrected chi connectivity index (χ2v) is 4.14. The van der Waals surface area contributed by atoms with Crippen LogP contribution in [0.15, 0.2) is 24.4 Å². The van der Waals surface area contributed by atoms with E-state index in [-0.39, 0.29) is 0 Å². The Morgan fingerprint density at radius 2 is 2.29 bits per heavy atom. The van der Waals surface area contributed by atoms with Gasteiger partial charge in [0, 0.05) is 24.4 Å². The molecule has 0 aliphatic rings. The first-order chi connectivity index (χ1) is 8.36. The van der Waals surface area contributed by atoms with Gasteiger partial charge in [0.25, 0.3) is 0 Å². The highest BCUT2D eigenvalue weighted by molar-refractivity contribution is 5.04. The maximum atomic E-state index is 4.35.